The van der Waals surface area contributed by atoms with Crippen LogP contribution in [0.1, 0.15) is 44.1 Å². The molecule has 1 aromatic heterocycles. The van der Waals surface area contributed by atoms with Gasteiger partial charge < -0.3 is 5.32 Å². The molecule has 0 saturated heterocycles. The fraction of sp³-hybridized carbons (Fsp3) is 0.692. The van der Waals surface area contributed by atoms with Crippen molar-refractivity contribution in [3.8, 4) is 0 Å². The van der Waals surface area contributed by atoms with E-state index in [0.717, 1.165) is 17.0 Å². The highest BCUT2D eigenvalue weighted by Crippen LogP contribution is 2.18. The Hall–Kier alpha value is -1.32. The average Bonchev–Trinajstić information content (AvgIpc) is 2.36. The van der Waals surface area contributed by atoms with Gasteiger partial charge in [-0.25, -0.2) is 0 Å². The van der Waals surface area contributed by atoms with Crippen molar-refractivity contribution in [3.63, 3.8) is 0 Å². The first-order chi connectivity index (χ1) is 7.70. The fourth-order valence-electron chi connectivity index (χ4n) is 1.80. The lowest BCUT2D eigenvalue weighted by Gasteiger charge is -2.17. The molecule has 0 saturated carbocycles. The van der Waals surface area contributed by atoms with Gasteiger partial charge in [0, 0.05) is 31.3 Å². The summed E-state index contributed by atoms with van der Waals surface area (Å²) in [6.45, 7) is 10.7. The molecule has 1 heterocycles. The van der Waals surface area contributed by atoms with Crippen LogP contribution in [0.15, 0.2) is 0 Å². The number of nitrogens with zero attached hydrogens (tertiary/aromatic N) is 2. The summed E-state index contributed by atoms with van der Waals surface area (Å²) in [5.41, 5.74) is 3.25. The van der Waals surface area contributed by atoms with E-state index in [9.17, 15) is 4.79 Å². The Labute approximate surface area is 103 Å². The Morgan fingerprint density at radius 1 is 1.35 bits per heavy atom. The monoisotopic (exact) mass is 237 g/mol. The molecule has 0 atom stereocenters. The molecule has 0 radical (unpaired) electrons. The van der Waals surface area contributed by atoms with E-state index in [-0.39, 0.29) is 11.3 Å². The molecule has 0 fully saturated rings. The maximum absolute atomic E-state index is 11.7. The summed E-state index contributed by atoms with van der Waals surface area (Å²) in [5.74, 6) is 0.0974. The first kappa shape index (κ1) is 13.7. The van der Waals surface area contributed by atoms with E-state index in [1.165, 1.54) is 0 Å². The topological polar surface area (TPSA) is 46.9 Å². The zero-order valence-electron chi connectivity index (χ0n) is 11.7. The molecule has 0 spiro atoms. The first-order valence-corrected chi connectivity index (χ1v) is 5.96. The maximum atomic E-state index is 11.7. The van der Waals surface area contributed by atoms with Gasteiger partial charge in [0.1, 0.15) is 0 Å². The van der Waals surface area contributed by atoms with Crippen molar-refractivity contribution < 1.29 is 4.79 Å². The second-order valence-corrected chi connectivity index (χ2v) is 5.79. The first-order valence-electron chi connectivity index (χ1n) is 5.96. The van der Waals surface area contributed by atoms with Crippen LogP contribution < -0.4 is 5.32 Å². The van der Waals surface area contributed by atoms with Crippen LogP contribution in [0.5, 0.6) is 0 Å². The summed E-state index contributed by atoms with van der Waals surface area (Å²) in [5, 5.41) is 7.29. The second-order valence-electron chi connectivity index (χ2n) is 5.79. The standard InChI is InChI=1S/C13H23N3O/c1-9-11(10(2)16(6)15-9)8-14-12(17)7-13(3,4)5/h7-8H2,1-6H3,(H,14,17). The van der Waals surface area contributed by atoms with Crippen molar-refractivity contribution in [1.82, 2.24) is 15.1 Å². The van der Waals surface area contributed by atoms with Crippen LogP contribution in [-0.2, 0) is 18.4 Å². The molecular weight excluding hydrogens is 214 g/mol. The number of aryl methyl sites for hydroxylation is 2. The highest BCUT2D eigenvalue weighted by molar-refractivity contribution is 5.76. The highest BCUT2D eigenvalue weighted by atomic mass is 16.1. The van der Waals surface area contributed by atoms with Gasteiger partial charge in [-0.05, 0) is 19.3 Å². The number of hydrogen-bond donors (Lipinski definition) is 1. The van der Waals surface area contributed by atoms with E-state index in [1.54, 1.807) is 0 Å². The fourth-order valence-corrected chi connectivity index (χ4v) is 1.80. The van der Waals surface area contributed by atoms with Gasteiger partial charge in [0.2, 0.25) is 5.91 Å². The average molecular weight is 237 g/mol. The van der Waals surface area contributed by atoms with Crippen LogP contribution in [0.3, 0.4) is 0 Å². The van der Waals surface area contributed by atoms with Crippen LogP contribution in [0.2, 0.25) is 0 Å². The second kappa shape index (κ2) is 4.90. The quantitative estimate of drug-likeness (QED) is 0.875. The molecule has 1 rings (SSSR count). The van der Waals surface area contributed by atoms with Crippen molar-refractivity contribution >= 4 is 5.91 Å². The summed E-state index contributed by atoms with van der Waals surface area (Å²) in [6, 6.07) is 0. The van der Waals surface area contributed by atoms with Crippen LogP contribution >= 0.6 is 0 Å². The maximum Gasteiger partial charge on any atom is 0.220 e. The van der Waals surface area contributed by atoms with E-state index < -0.39 is 0 Å². The Morgan fingerprint density at radius 3 is 2.35 bits per heavy atom. The molecule has 0 aliphatic heterocycles. The Bertz CT molecular complexity index is 413. The molecule has 0 aromatic carbocycles. The predicted molar refractivity (Wildman–Crippen MR) is 68.6 cm³/mol. The molecule has 0 aliphatic rings. The lowest BCUT2D eigenvalue weighted by atomic mass is 9.92. The number of nitrogens with one attached hydrogen (secondary N) is 1. The van der Waals surface area contributed by atoms with Gasteiger partial charge in [0.25, 0.3) is 0 Å². The SMILES string of the molecule is Cc1nn(C)c(C)c1CNC(=O)CC(C)(C)C. The van der Waals surface area contributed by atoms with E-state index in [4.69, 9.17) is 0 Å². The van der Waals surface area contributed by atoms with Gasteiger partial charge in [-0.15, -0.1) is 0 Å². The van der Waals surface area contributed by atoms with E-state index >= 15 is 0 Å². The Balaban J connectivity index is 2.59. The molecule has 0 bridgehead atoms. The molecule has 4 heteroatoms. The largest absolute Gasteiger partial charge is 0.352 e. The molecule has 1 N–H and O–H groups in total. The van der Waals surface area contributed by atoms with Gasteiger partial charge in [-0.3, -0.25) is 9.48 Å². The Morgan fingerprint density at radius 2 is 1.94 bits per heavy atom. The summed E-state index contributed by atoms with van der Waals surface area (Å²) in [6.07, 6.45) is 0.547. The lowest BCUT2D eigenvalue weighted by molar-refractivity contribution is -0.122. The van der Waals surface area contributed by atoms with Crippen molar-refractivity contribution in [2.45, 2.75) is 47.6 Å². The smallest absolute Gasteiger partial charge is 0.220 e. The van der Waals surface area contributed by atoms with Crippen molar-refractivity contribution in [2.75, 3.05) is 0 Å². The summed E-state index contributed by atoms with van der Waals surface area (Å²) < 4.78 is 1.85. The number of carbonyl (C=O) groups excluding carboxylic acids is 1. The third kappa shape index (κ3) is 3.88. The molecule has 0 aliphatic carbocycles. The lowest BCUT2D eigenvalue weighted by Crippen LogP contribution is -2.27. The minimum absolute atomic E-state index is 0.0309. The van der Waals surface area contributed by atoms with E-state index in [2.05, 4.69) is 31.2 Å². The van der Waals surface area contributed by atoms with Crippen molar-refractivity contribution in [1.29, 1.82) is 0 Å². The van der Waals surface area contributed by atoms with Crippen LogP contribution in [0.25, 0.3) is 0 Å². The third-order valence-corrected chi connectivity index (χ3v) is 2.81. The molecule has 1 aromatic rings. The normalized spacial score (nSPS) is 11.6. The highest BCUT2D eigenvalue weighted by Gasteiger charge is 2.16. The van der Waals surface area contributed by atoms with Crippen molar-refractivity contribution in [2.24, 2.45) is 12.5 Å². The molecule has 0 unspecified atom stereocenters. The number of carbonyl (C=O) groups is 1. The third-order valence-electron chi connectivity index (χ3n) is 2.81. The van der Waals surface area contributed by atoms with Crippen LogP contribution in [-0.4, -0.2) is 15.7 Å². The zero-order valence-corrected chi connectivity index (χ0v) is 11.7. The van der Waals surface area contributed by atoms with Crippen molar-refractivity contribution in [3.05, 3.63) is 17.0 Å². The summed E-state index contributed by atoms with van der Waals surface area (Å²) >= 11 is 0. The predicted octanol–water partition coefficient (Wildman–Crippen LogP) is 2.09. The van der Waals surface area contributed by atoms with Gasteiger partial charge in [-0.1, -0.05) is 20.8 Å². The molecule has 17 heavy (non-hydrogen) atoms. The number of amides is 1. The summed E-state index contributed by atoms with van der Waals surface area (Å²) in [7, 11) is 1.92. The minimum atomic E-state index is 0.0309. The molecule has 96 valence electrons. The Kier molecular flexibility index (Phi) is 3.96. The van der Waals surface area contributed by atoms with Crippen LogP contribution in [0.4, 0.5) is 0 Å². The van der Waals surface area contributed by atoms with Gasteiger partial charge in [0.15, 0.2) is 0 Å². The summed E-state index contributed by atoms with van der Waals surface area (Å²) in [4.78, 5) is 11.7. The molecule has 1 amide bonds. The molecular formula is C13H23N3O. The zero-order chi connectivity index (χ0) is 13.2. The van der Waals surface area contributed by atoms with Gasteiger partial charge in [-0.2, -0.15) is 5.10 Å². The van der Waals surface area contributed by atoms with Gasteiger partial charge >= 0.3 is 0 Å². The van der Waals surface area contributed by atoms with Crippen LogP contribution in [0, 0.1) is 19.3 Å². The number of aromatic nitrogens is 2. The van der Waals surface area contributed by atoms with E-state index in [1.807, 2.05) is 25.6 Å². The van der Waals surface area contributed by atoms with Gasteiger partial charge in [0.05, 0.1) is 5.69 Å². The van der Waals surface area contributed by atoms with E-state index in [0.29, 0.717) is 13.0 Å². The minimum Gasteiger partial charge on any atom is -0.352 e. The number of hydrogen-bond acceptors (Lipinski definition) is 2. The molecule has 4 nitrogen and oxygen atoms in total. The number of rotatable bonds is 3.